The van der Waals surface area contributed by atoms with Crippen molar-refractivity contribution in [1.29, 1.82) is 0 Å². The Labute approximate surface area is 124 Å². The van der Waals surface area contributed by atoms with Gasteiger partial charge in [-0.1, -0.05) is 50.3 Å². The monoisotopic (exact) mass is 325 g/mol. The summed E-state index contributed by atoms with van der Waals surface area (Å²) in [4.78, 5) is 0. The number of rotatable bonds is 2. The van der Waals surface area contributed by atoms with Crippen LogP contribution in [0.4, 0.5) is 0 Å². The molecule has 0 aliphatic heterocycles. The zero-order valence-electron chi connectivity index (χ0n) is 11.0. The summed E-state index contributed by atoms with van der Waals surface area (Å²) in [6.45, 7) is 4.23. The van der Waals surface area contributed by atoms with Crippen LogP contribution in [0.25, 0.3) is 11.6 Å². The quantitative estimate of drug-likeness (QED) is 0.422. The molecule has 0 spiro atoms. The summed E-state index contributed by atoms with van der Waals surface area (Å²) in [7, 11) is 0. The van der Waals surface area contributed by atoms with Gasteiger partial charge >= 0.3 is 19.5 Å². The van der Waals surface area contributed by atoms with Crippen LogP contribution in [-0.4, -0.2) is 0 Å². The Balaban J connectivity index is 0.00000144. The third kappa shape index (κ3) is 4.58. The largest absolute Gasteiger partial charge is 2.00 e. The van der Waals surface area contributed by atoms with Crippen LogP contribution in [0.3, 0.4) is 0 Å². The molecule has 0 saturated carbocycles. The summed E-state index contributed by atoms with van der Waals surface area (Å²) < 4.78 is 0. The Kier molecular flexibility index (Phi) is 7.47. The summed E-state index contributed by atoms with van der Waals surface area (Å²) in [6, 6.07) is 19.8. The summed E-state index contributed by atoms with van der Waals surface area (Å²) in [6.07, 6.45) is 2.19. The van der Waals surface area contributed by atoms with E-state index in [4.69, 9.17) is 0 Å². The van der Waals surface area contributed by atoms with Crippen LogP contribution in [0.1, 0.15) is 23.6 Å². The molecule has 2 aromatic rings. The second kappa shape index (κ2) is 8.00. The van der Waals surface area contributed by atoms with Crippen molar-refractivity contribution in [3.05, 3.63) is 78.7 Å². The van der Waals surface area contributed by atoms with Gasteiger partial charge in [-0.3, -0.25) is 0 Å². The molecule has 1 heteroatoms. The minimum atomic E-state index is 0. The van der Waals surface area contributed by atoms with Crippen molar-refractivity contribution in [2.75, 3.05) is 0 Å². The average Bonchev–Trinajstić information content (AvgIpc) is 2.30. The molecule has 2 rings (SSSR count). The van der Waals surface area contributed by atoms with Gasteiger partial charge in [0.15, 0.2) is 0 Å². The molecule has 0 atom stereocenters. The molecule has 0 amide bonds. The average molecular weight is 325 g/mol. The number of benzene rings is 2. The van der Waals surface area contributed by atoms with Gasteiger partial charge in [-0.05, 0) is 5.56 Å². The smallest absolute Gasteiger partial charge is 0.358 e. The van der Waals surface area contributed by atoms with Crippen molar-refractivity contribution in [3.63, 3.8) is 0 Å². The van der Waals surface area contributed by atoms with E-state index in [9.17, 15) is 0 Å². The number of hydrogen-bond acceptors (Lipinski definition) is 0. The molecule has 0 aliphatic carbocycles. The van der Waals surface area contributed by atoms with E-state index in [1.54, 1.807) is 0 Å². The van der Waals surface area contributed by atoms with Crippen molar-refractivity contribution in [1.82, 2.24) is 0 Å². The van der Waals surface area contributed by atoms with E-state index in [0.29, 0.717) is 0 Å². The Morgan fingerprint density at radius 2 is 1.78 bits per heavy atom. The van der Waals surface area contributed by atoms with Crippen LogP contribution in [-0.2, 0) is 19.5 Å². The predicted octanol–water partition coefficient (Wildman–Crippen LogP) is 4.80. The van der Waals surface area contributed by atoms with E-state index < -0.39 is 0 Å². The SMILES string of the molecule is C/C(=C\c1ccccc1)c1[c-]ccc(C)c1.[CH3-].[Rh+2]. The fraction of sp³-hybridized carbons (Fsp3) is 0.118. The van der Waals surface area contributed by atoms with Crippen LogP contribution in [0, 0.1) is 20.4 Å². The molecule has 95 valence electrons. The van der Waals surface area contributed by atoms with E-state index in [1.165, 1.54) is 22.3 Å². The Bertz CT molecular complexity index is 498. The second-order valence-corrected chi connectivity index (χ2v) is 4.02. The van der Waals surface area contributed by atoms with Crippen molar-refractivity contribution in [2.45, 2.75) is 13.8 Å². The van der Waals surface area contributed by atoms with E-state index >= 15 is 0 Å². The molecule has 0 aliphatic rings. The normalized spacial score (nSPS) is 10.2. The first-order valence-electron chi connectivity index (χ1n) is 5.48. The van der Waals surface area contributed by atoms with Crippen LogP contribution in [0.2, 0.25) is 0 Å². The topological polar surface area (TPSA) is 0 Å². The molecule has 1 radical (unpaired) electrons. The molecule has 0 fully saturated rings. The fourth-order valence-electron chi connectivity index (χ4n) is 1.69. The summed E-state index contributed by atoms with van der Waals surface area (Å²) in [5.41, 5.74) is 4.92. The first kappa shape index (κ1) is 16.8. The van der Waals surface area contributed by atoms with Gasteiger partial charge in [0, 0.05) is 0 Å². The number of allylic oxidation sites excluding steroid dienone is 1. The van der Waals surface area contributed by atoms with Gasteiger partial charge in [0.1, 0.15) is 0 Å². The van der Waals surface area contributed by atoms with Gasteiger partial charge < -0.3 is 7.43 Å². The molecule has 0 saturated heterocycles. The van der Waals surface area contributed by atoms with Crippen molar-refractivity contribution < 1.29 is 19.5 Å². The van der Waals surface area contributed by atoms with Crippen LogP contribution < -0.4 is 0 Å². The van der Waals surface area contributed by atoms with Gasteiger partial charge in [0.25, 0.3) is 0 Å². The van der Waals surface area contributed by atoms with Crippen LogP contribution >= 0.6 is 0 Å². The van der Waals surface area contributed by atoms with Gasteiger partial charge in [0.05, 0.1) is 0 Å². The third-order valence-corrected chi connectivity index (χ3v) is 2.56. The standard InChI is InChI=1S/C16H15.CH3.Rh/c1-13-7-6-10-16(11-13)14(2)12-15-8-4-3-5-9-15;;/h3-9,11-12H,1-2H3;1H3;/q2*-1;+2/b14-12+;;. The van der Waals surface area contributed by atoms with E-state index in [1.807, 2.05) is 12.1 Å². The van der Waals surface area contributed by atoms with Crippen molar-refractivity contribution in [3.8, 4) is 0 Å². The molecule has 2 aromatic carbocycles. The summed E-state index contributed by atoms with van der Waals surface area (Å²) >= 11 is 0. The second-order valence-electron chi connectivity index (χ2n) is 4.02. The first-order chi connectivity index (χ1) is 7.75. The Morgan fingerprint density at radius 1 is 1.11 bits per heavy atom. The molecule has 0 N–H and O–H groups in total. The van der Waals surface area contributed by atoms with E-state index in [2.05, 4.69) is 62.4 Å². The summed E-state index contributed by atoms with van der Waals surface area (Å²) in [5, 5.41) is 0. The maximum atomic E-state index is 3.26. The molecule has 0 bridgehead atoms. The molecule has 0 unspecified atom stereocenters. The first-order valence-corrected chi connectivity index (χ1v) is 5.48. The predicted molar refractivity (Wildman–Crippen MR) is 76.4 cm³/mol. The van der Waals surface area contributed by atoms with E-state index in [-0.39, 0.29) is 26.9 Å². The number of aryl methyl sites for hydroxylation is 1. The van der Waals surface area contributed by atoms with Gasteiger partial charge in [-0.25, -0.2) is 0 Å². The Hall–Kier alpha value is -1.20. The zero-order chi connectivity index (χ0) is 11.4. The minimum absolute atomic E-state index is 0. The molecule has 18 heavy (non-hydrogen) atoms. The third-order valence-electron chi connectivity index (χ3n) is 2.56. The molecule has 0 heterocycles. The van der Waals surface area contributed by atoms with Gasteiger partial charge in [0.2, 0.25) is 0 Å². The molecular formula is C17H18Rh. The number of hydrogen-bond donors (Lipinski definition) is 0. The van der Waals surface area contributed by atoms with E-state index in [0.717, 1.165) is 0 Å². The maximum Gasteiger partial charge on any atom is 2.00 e. The molecular weight excluding hydrogens is 307 g/mol. The summed E-state index contributed by atoms with van der Waals surface area (Å²) in [5.74, 6) is 0. The maximum absolute atomic E-state index is 3.26. The Morgan fingerprint density at radius 3 is 2.39 bits per heavy atom. The fourth-order valence-corrected chi connectivity index (χ4v) is 1.69. The van der Waals surface area contributed by atoms with Crippen molar-refractivity contribution in [2.24, 2.45) is 0 Å². The van der Waals surface area contributed by atoms with Gasteiger partial charge in [-0.2, -0.15) is 0 Å². The molecule has 0 aromatic heterocycles. The van der Waals surface area contributed by atoms with Gasteiger partial charge in [-0.15, -0.1) is 41.0 Å². The van der Waals surface area contributed by atoms with Crippen molar-refractivity contribution >= 4 is 11.6 Å². The minimum Gasteiger partial charge on any atom is -0.358 e. The molecule has 0 nitrogen and oxygen atoms in total. The van der Waals surface area contributed by atoms with Crippen LogP contribution in [0.5, 0.6) is 0 Å². The van der Waals surface area contributed by atoms with Crippen LogP contribution in [0.15, 0.2) is 48.5 Å². The zero-order valence-corrected chi connectivity index (χ0v) is 12.7.